The zero-order valence-electron chi connectivity index (χ0n) is 22.7. The molecule has 12 heteroatoms. The summed E-state index contributed by atoms with van der Waals surface area (Å²) in [6.45, 7) is 6.44. The smallest absolute Gasteiger partial charge is 0.389 e. The number of hydrogen-bond acceptors (Lipinski definition) is 7. The number of H-pyrrole nitrogens is 1. The maximum atomic E-state index is 12.8. The number of pyridine rings is 1. The average Bonchev–Trinajstić information content (AvgIpc) is 3.40. The predicted molar refractivity (Wildman–Crippen MR) is 153 cm³/mol. The quantitative estimate of drug-likeness (QED) is 0.0763. The summed E-state index contributed by atoms with van der Waals surface area (Å²) in [6, 6.07) is 13.2. The molecule has 0 aliphatic heterocycles. The van der Waals surface area contributed by atoms with Crippen LogP contribution in [0.15, 0.2) is 47.3 Å². The Labute approximate surface area is 231 Å². The third kappa shape index (κ3) is 11.5. The third-order valence-corrected chi connectivity index (χ3v) is 6.50. The molecular weight excluding hydrogens is 531 g/mol. The molecule has 0 aliphatic carbocycles. The van der Waals surface area contributed by atoms with Crippen molar-refractivity contribution in [2.24, 2.45) is 11.7 Å². The number of ether oxygens (including phenoxy) is 1. The third-order valence-electron chi connectivity index (χ3n) is 5.24. The number of alkyl halides is 3. The molecule has 6 N–H and O–H groups in total. The van der Waals surface area contributed by atoms with Gasteiger partial charge in [0, 0.05) is 34.5 Å². The van der Waals surface area contributed by atoms with Crippen LogP contribution in [0.5, 0.6) is 5.75 Å². The van der Waals surface area contributed by atoms with Gasteiger partial charge >= 0.3 is 6.18 Å². The molecule has 0 radical (unpaired) electrons. The minimum absolute atomic E-state index is 0.111. The highest BCUT2D eigenvalue weighted by molar-refractivity contribution is 7.15. The van der Waals surface area contributed by atoms with Gasteiger partial charge in [-0.25, -0.2) is 11.7 Å². The standard InChI is InChI=1S/C24H28F3N3O2S.C2H6.CH4N2O/c1-3-18-11-12-21(33-18)19-15-20(29-23(31)22(19)30(2)28)16-7-9-17(10-8-16)32-14-6-4-5-13-24(25,26)27;1-2;2-3-1-4/h7-12,15H,3-6,13-14,28H2,1-2H3,(H,29,31);1-2H3;1H,2H2,(H,3,4). The molecule has 216 valence electrons. The van der Waals surface area contributed by atoms with Gasteiger partial charge in [0.05, 0.1) is 6.61 Å². The Balaban J connectivity index is 0.00000116. The Kier molecular flexibility index (Phi) is 14.9. The van der Waals surface area contributed by atoms with E-state index in [0.717, 1.165) is 22.4 Å². The van der Waals surface area contributed by atoms with Crippen molar-refractivity contribution in [1.82, 2.24) is 10.4 Å². The number of unbranched alkanes of at least 4 members (excludes halogenated alkanes) is 2. The minimum atomic E-state index is -4.10. The van der Waals surface area contributed by atoms with Gasteiger partial charge in [-0.1, -0.05) is 20.8 Å². The number of aryl methyl sites for hydroxylation is 1. The highest BCUT2D eigenvalue weighted by Gasteiger charge is 2.25. The fraction of sp³-hybridized carbons (Fsp3) is 0.407. The molecule has 3 aromatic rings. The lowest BCUT2D eigenvalue weighted by Gasteiger charge is -2.16. The summed E-state index contributed by atoms with van der Waals surface area (Å²) in [5.74, 6) is 11.0. The first-order chi connectivity index (χ1) is 18.6. The number of hydrogen-bond donors (Lipinski definition) is 4. The molecule has 0 saturated carbocycles. The van der Waals surface area contributed by atoms with E-state index in [-0.39, 0.29) is 12.0 Å². The zero-order chi connectivity index (χ0) is 29.4. The molecule has 1 amide bonds. The monoisotopic (exact) mass is 569 g/mol. The second kappa shape index (κ2) is 17.3. The maximum Gasteiger partial charge on any atom is 0.389 e. The molecule has 0 fully saturated rings. The molecule has 2 aromatic heterocycles. The van der Waals surface area contributed by atoms with Gasteiger partial charge in [0.2, 0.25) is 6.41 Å². The van der Waals surface area contributed by atoms with Gasteiger partial charge in [-0.3, -0.25) is 15.0 Å². The molecule has 2 heterocycles. The highest BCUT2D eigenvalue weighted by Crippen LogP contribution is 2.35. The predicted octanol–water partition coefficient (Wildman–Crippen LogP) is 5.78. The Hall–Kier alpha value is -3.35. The molecule has 39 heavy (non-hydrogen) atoms. The zero-order valence-corrected chi connectivity index (χ0v) is 23.5. The molecule has 0 spiro atoms. The number of rotatable bonds is 11. The lowest BCUT2D eigenvalue weighted by Crippen LogP contribution is -2.32. The van der Waals surface area contributed by atoms with Crippen LogP contribution in [0, 0.1) is 0 Å². The lowest BCUT2D eigenvalue weighted by atomic mass is 10.1. The molecular formula is C27H38F3N5O3S. The van der Waals surface area contributed by atoms with E-state index in [4.69, 9.17) is 15.4 Å². The van der Waals surface area contributed by atoms with Gasteiger partial charge in [0.1, 0.15) is 11.4 Å². The number of thiophene rings is 1. The van der Waals surface area contributed by atoms with E-state index >= 15 is 0 Å². The van der Waals surface area contributed by atoms with E-state index in [9.17, 15) is 18.0 Å². The van der Waals surface area contributed by atoms with Crippen LogP contribution in [0.2, 0.25) is 0 Å². The average molecular weight is 570 g/mol. The first-order valence-electron chi connectivity index (χ1n) is 12.6. The van der Waals surface area contributed by atoms with Crippen LogP contribution in [-0.2, 0) is 11.2 Å². The molecule has 0 aliphatic rings. The number of anilines is 1. The van der Waals surface area contributed by atoms with Gasteiger partial charge in [-0.05, 0) is 73.7 Å². The Morgan fingerprint density at radius 2 is 1.74 bits per heavy atom. The van der Waals surface area contributed by atoms with Crippen LogP contribution in [0.25, 0.3) is 21.7 Å². The van der Waals surface area contributed by atoms with Gasteiger partial charge in [0.25, 0.3) is 5.56 Å². The normalized spacial score (nSPS) is 10.5. The van der Waals surface area contributed by atoms with Crippen LogP contribution in [0.4, 0.5) is 18.9 Å². The topological polar surface area (TPSA) is 126 Å². The van der Waals surface area contributed by atoms with E-state index in [2.05, 4.69) is 23.8 Å². The number of carbonyl (C=O) groups is 1. The van der Waals surface area contributed by atoms with Crippen LogP contribution in [0.3, 0.4) is 0 Å². The van der Waals surface area contributed by atoms with E-state index < -0.39 is 12.6 Å². The summed E-state index contributed by atoms with van der Waals surface area (Å²) >= 11 is 1.63. The van der Waals surface area contributed by atoms with Crippen LogP contribution >= 0.6 is 11.3 Å². The number of halogens is 3. The van der Waals surface area contributed by atoms with E-state index in [1.54, 1.807) is 35.9 Å². The molecule has 0 atom stereocenters. The Morgan fingerprint density at radius 3 is 2.26 bits per heavy atom. The molecule has 0 bridgehead atoms. The van der Waals surface area contributed by atoms with Crippen LogP contribution < -0.4 is 32.4 Å². The van der Waals surface area contributed by atoms with Crippen molar-refractivity contribution < 1.29 is 22.7 Å². The summed E-state index contributed by atoms with van der Waals surface area (Å²) in [5, 5.41) is 1.33. The summed E-state index contributed by atoms with van der Waals surface area (Å²) in [4.78, 5) is 26.8. The summed E-state index contributed by atoms with van der Waals surface area (Å²) in [6.07, 6.45) is -2.41. The molecule has 8 nitrogen and oxygen atoms in total. The maximum absolute atomic E-state index is 12.8. The number of amides is 1. The van der Waals surface area contributed by atoms with Crippen molar-refractivity contribution in [3.63, 3.8) is 0 Å². The Morgan fingerprint density at radius 1 is 1.10 bits per heavy atom. The molecule has 0 unspecified atom stereocenters. The van der Waals surface area contributed by atoms with Crippen molar-refractivity contribution in [2.75, 3.05) is 18.7 Å². The largest absolute Gasteiger partial charge is 0.494 e. The van der Waals surface area contributed by atoms with E-state index in [0.29, 0.717) is 43.0 Å². The second-order valence-electron chi connectivity index (χ2n) is 8.09. The fourth-order valence-electron chi connectivity index (χ4n) is 3.48. The molecule has 3 rings (SSSR count). The van der Waals surface area contributed by atoms with Crippen molar-refractivity contribution >= 4 is 23.4 Å². The number of aromatic nitrogens is 1. The molecule has 0 saturated heterocycles. The van der Waals surface area contributed by atoms with Gasteiger partial charge in [-0.2, -0.15) is 13.2 Å². The van der Waals surface area contributed by atoms with Crippen molar-refractivity contribution in [1.29, 1.82) is 0 Å². The number of aromatic amines is 1. The number of nitrogens with one attached hydrogen (secondary N) is 2. The Bertz CT molecular complexity index is 1180. The summed E-state index contributed by atoms with van der Waals surface area (Å²) in [5.41, 5.74) is 4.10. The minimum Gasteiger partial charge on any atom is -0.494 e. The summed E-state index contributed by atoms with van der Waals surface area (Å²) < 4.78 is 42.2. The highest BCUT2D eigenvalue weighted by atomic mass is 32.1. The van der Waals surface area contributed by atoms with Gasteiger partial charge in [0.15, 0.2) is 0 Å². The van der Waals surface area contributed by atoms with E-state index in [1.165, 1.54) is 9.89 Å². The number of carbonyl (C=O) groups excluding carboxylic acids is 1. The van der Waals surface area contributed by atoms with Gasteiger partial charge < -0.3 is 14.7 Å². The number of hydrazine groups is 2. The lowest BCUT2D eigenvalue weighted by molar-refractivity contribution is -0.135. The second-order valence-corrected chi connectivity index (χ2v) is 9.26. The van der Waals surface area contributed by atoms with Gasteiger partial charge in [-0.15, -0.1) is 11.3 Å². The molecule has 1 aromatic carbocycles. The van der Waals surface area contributed by atoms with E-state index in [1.807, 2.05) is 38.1 Å². The SMILES string of the molecule is CC.CCc1ccc(-c2cc(-c3ccc(OCCCCCC(F)(F)F)cc3)[nH]c(=O)c2N(C)N)s1.NNC=O. The van der Waals surface area contributed by atoms with Crippen molar-refractivity contribution in [3.05, 3.63) is 57.7 Å². The van der Waals surface area contributed by atoms with Crippen LogP contribution in [-0.4, -0.2) is 31.2 Å². The number of nitrogens with two attached hydrogens (primary N) is 2. The summed E-state index contributed by atoms with van der Waals surface area (Å²) in [7, 11) is 1.64. The van der Waals surface area contributed by atoms with Crippen molar-refractivity contribution in [3.8, 4) is 27.4 Å². The number of benzene rings is 1. The first-order valence-corrected chi connectivity index (χ1v) is 13.5. The van der Waals surface area contributed by atoms with Crippen molar-refractivity contribution in [2.45, 2.75) is 59.1 Å². The number of nitrogens with zero attached hydrogens (tertiary/aromatic N) is 1. The van der Waals surface area contributed by atoms with Crippen LogP contribution in [0.1, 0.15) is 51.3 Å². The first kappa shape index (κ1) is 33.7. The fourth-order valence-corrected chi connectivity index (χ4v) is 4.45.